The molecule has 0 unspecified atom stereocenters. The molecule has 0 spiro atoms. The standard InChI is InChI=1S/C14H18O3/c1-3-17-14(16)11(2)13(15)10-9-12-7-5-4-6-8-12/h4-11,13,15H,3H2,1-2H3/b10-9+/t11-,13-/m1/s1. The quantitative estimate of drug-likeness (QED) is 0.795. The minimum absolute atomic E-state index is 0.332. The molecule has 3 heteroatoms. The van der Waals surface area contributed by atoms with E-state index < -0.39 is 12.0 Å². The van der Waals surface area contributed by atoms with Crippen LogP contribution in [-0.4, -0.2) is 23.8 Å². The summed E-state index contributed by atoms with van der Waals surface area (Å²) in [5.74, 6) is -0.923. The van der Waals surface area contributed by atoms with Crippen LogP contribution in [0.2, 0.25) is 0 Å². The second-order valence-electron chi connectivity index (χ2n) is 3.80. The maximum absolute atomic E-state index is 11.4. The molecule has 0 aromatic heterocycles. The highest BCUT2D eigenvalue weighted by Crippen LogP contribution is 2.09. The van der Waals surface area contributed by atoms with Crippen LogP contribution >= 0.6 is 0 Å². The van der Waals surface area contributed by atoms with Crippen molar-refractivity contribution in [2.24, 2.45) is 5.92 Å². The number of hydrogen-bond donors (Lipinski definition) is 1. The normalized spacial score (nSPS) is 14.5. The van der Waals surface area contributed by atoms with E-state index in [4.69, 9.17) is 4.74 Å². The molecule has 92 valence electrons. The Balaban J connectivity index is 2.57. The lowest BCUT2D eigenvalue weighted by Crippen LogP contribution is -2.25. The van der Waals surface area contributed by atoms with Gasteiger partial charge in [-0.2, -0.15) is 0 Å². The lowest BCUT2D eigenvalue weighted by Gasteiger charge is -2.13. The van der Waals surface area contributed by atoms with Crippen molar-refractivity contribution in [3.8, 4) is 0 Å². The third-order valence-corrected chi connectivity index (χ3v) is 2.46. The summed E-state index contributed by atoms with van der Waals surface area (Å²) in [6.07, 6.45) is 2.58. The van der Waals surface area contributed by atoms with Crippen LogP contribution < -0.4 is 0 Å². The zero-order chi connectivity index (χ0) is 12.7. The predicted octanol–water partition coefficient (Wildman–Crippen LogP) is 2.26. The van der Waals surface area contributed by atoms with Crippen LogP contribution in [0.4, 0.5) is 0 Å². The molecule has 0 saturated heterocycles. The van der Waals surface area contributed by atoms with E-state index in [0.717, 1.165) is 5.56 Å². The number of benzene rings is 1. The van der Waals surface area contributed by atoms with Crippen molar-refractivity contribution in [2.45, 2.75) is 20.0 Å². The average molecular weight is 234 g/mol. The molecular formula is C14H18O3. The van der Waals surface area contributed by atoms with Crippen molar-refractivity contribution in [3.05, 3.63) is 42.0 Å². The van der Waals surface area contributed by atoms with Gasteiger partial charge in [-0.15, -0.1) is 0 Å². The summed E-state index contributed by atoms with van der Waals surface area (Å²) in [7, 11) is 0. The number of hydrogen-bond acceptors (Lipinski definition) is 3. The summed E-state index contributed by atoms with van der Waals surface area (Å²) in [4.78, 5) is 11.4. The summed E-state index contributed by atoms with van der Waals surface area (Å²) < 4.78 is 4.84. The van der Waals surface area contributed by atoms with Crippen LogP contribution in [0.5, 0.6) is 0 Å². The third-order valence-electron chi connectivity index (χ3n) is 2.46. The van der Waals surface area contributed by atoms with Gasteiger partial charge < -0.3 is 9.84 Å². The Morgan fingerprint density at radius 2 is 2.06 bits per heavy atom. The Hall–Kier alpha value is -1.61. The highest BCUT2D eigenvalue weighted by molar-refractivity contribution is 5.73. The summed E-state index contributed by atoms with van der Waals surface area (Å²) in [5, 5.41) is 9.79. The van der Waals surface area contributed by atoms with Gasteiger partial charge in [0.25, 0.3) is 0 Å². The molecule has 0 aliphatic carbocycles. The maximum atomic E-state index is 11.4. The number of aliphatic hydroxyl groups excluding tert-OH is 1. The van der Waals surface area contributed by atoms with Crippen molar-refractivity contribution in [1.29, 1.82) is 0 Å². The van der Waals surface area contributed by atoms with E-state index >= 15 is 0 Å². The Morgan fingerprint density at radius 3 is 2.65 bits per heavy atom. The van der Waals surface area contributed by atoms with E-state index in [1.54, 1.807) is 26.0 Å². The molecule has 0 heterocycles. The van der Waals surface area contributed by atoms with Gasteiger partial charge in [0.1, 0.15) is 0 Å². The molecule has 1 aromatic rings. The number of aliphatic hydroxyl groups is 1. The maximum Gasteiger partial charge on any atom is 0.311 e. The van der Waals surface area contributed by atoms with Crippen LogP contribution in [0.25, 0.3) is 6.08 Å². The molecule has 1 aromatic carbocycles. The van der Waals surface area contributed by atoms with Crippen LogP contribution in [0.15, 0.2) is 36.4 Å². The second kappa shape index (κ2) is 6.86. The fraction of sp³-hybridized carbons (Fsp3) is 0.357. The molecule has 2 atom stereocenters. The Bertz CT molecular complexity index is 370. The van der Waals surface area contributed by atoms with E-state index in [-0.39, 0.29) is 5.97 Å². The van der Waals surface area contributed by atoms with Gasteiger partial charge in [0, 0.05) is 0 Å². The van der Waals surface area contributed by atoms with Crippen molar-refractivity contribution in [2.75, 3.05) is 6.61 Å². The fourth-order valence-electron chi connectivity index (χ4n) is 1.35. The van der Waals surface area contributed by atoms with Gasteiger partial charge in [0.15, 0.2) is 0 Å². The molecule has 3 nitrogen and oxygen atoms in total. The highest BCUT2D eigenvalue weighted by atomic mass is 16.5. The zero-order valence-corrected chi connectivity index (χ0v) is 10.2. The SMILES string of the molecule is CCOC(=O)[C@H](C)[C@H](O)/C=C/c1ccccc1. The molecule has 1 N–H and O–H groups in total. The molecule has 1 rings (SSSR count). The van der Waals surface area contributed by atoms with Crippen LogP contribution in [0.3, 0.4) is 0 Å². The first-order chi connectivity index (χ1) is 8.15. The summed E-state index contributed by atoms with van der Waals surface area (Å²) in [6.45, 7) is 3.73. The smallest absolute Gasteiger partial charge is 0.311 e. The number of carbonyl (C=O) groups excluding carboxylic acids is 1. The van der Waals surface area contributed by atoms with Gasteiger partial charge in [-0.3, -0.25) is 4.79 Å². The molecule has 0 saturated carbocycles. The zero-order valence-electron chi connectivity index (χ0n) is 10.2. The predicted molar refractivity (Wildman–Crippen MR) is 67.3 cm³/mol. The Labute approximate surface area is 102 Å². The van der Waals surface area contributed by atoms with E-state index in [1.165, 1.54) is 0 Å². The van der Waals surface area contributed by atoms with Gasteiger partial charge >= 0.3 is 5.97 Å². The van der Waals surface area contributed by atoms with Gasteiger partial charge in [0.2, 0.25) is 0 Å². The topological polar surface area (TPSA) is 46.5 Å². The number of rotatable bonds is 5. The van der Waals surface area contributed by atoms with Gasteiger partial charge in [-0.1, -0.05) is 42.5 Å². The van der Waals surface area contributed by atoms with Crippen LogP contribution in [-0.2, 0) is 9.53 Å². The first-order valence-corrected chi connectivity index (χ1v) is 5.73. The van der Waals surface area contributed by atoms with E-state index in [0.29, 0.717) is 6.61 Å². The molecular weight excluding hydrogens is 216 g/mol. The van der Waals surface area contributed by atoms with E-state index in [9.17, 15) is 9.90 Å². The molecule has 17 heavy (non-hydrogen) atoms. The average Bonchev–Trinajstić information content (AvgIpc) is 2.36. The third kappa shape index (κ3) is 4.41. The second-order valence-corrected chi connectivity index (χ2v) is 3.80. The first kappa shape index (κ1) is 13.5. The highest BCUT2D eigenvalue weighted by Gasteiger charge is 2.20. The molecule has 0 amide bonds. The van der Waals surface area contributed by atoms with Gasteiger partial charge in [0.05, 0.1) is 18.6 Å². The monoisotopic (exact) mass is 234 g/mol. The fourth-order valence-corrected chi connectivity index (χ4v) is 1.35. The molecule has 0 fully saturated rings. The largest absolute Gasteiger partial charge is 0.466 e. The first-order valence-electron chi connectivity index (χ1n) is 5.73. The van der Waals surface area contributed by atoms with Crippen molar-refractivity contribution >= 4 is 12.0 Å². The molecule has 0 radical (unpaired) electrons. The lowest BCUT2D eigenvalue weighted by molar-refractivity contribution is -0.150. The minimum atomic E-state index is -0.825. The Kier molecular flexibility index (Phi) is 5.43. The molecule has 0 aliphatic heterocycles. The number of ether oxygens (including phenoxy) is 1. The number of carbonyl (C=O) groups is 1. The molecule has 0 aliphatic rings. The minimum Gasteiger partial charge on any atom is -0.466 e. The van der Waals surface area contributed by atoms with E-state index in [1.807, 2.05) is 30.3 Å². The van der Waals surface area contributed by atoms with Gasteiger partial charge in [-0.05, 0) is 19.4 Å². The van der Waals surface area contributed by atoms with Gasteiger partial charge in [-0.25, -0.2) is 0 Å². The van der Waals surface area contributed by atoms with Crippen molar-refractivity contribution in [3.63, 3.8) is 0 Å². The van der Waals surface area contributed by atoms with Crippen LogP contribution in [0.1, 0.15) is 19.4 Å². The van der Waals surface area contributed by atoms with Crippen molar-refractivity contribution in [1.82, 2.24) is 0 Å². The summed E-state index contributed by atoms with van der Waals surface area (Å²) in [6, 6.07) is 9.62. The molecule has 0 bridgehead atoms. The van der Waals surface area contributed by atoms with Crippen LogP contribution in [0, 0.1) is 5.92 Å². The Morgan fingerprint density at radius 1 is 1.41 bits per heavy atom. The van der Waals surface area contributed by atoms with Crippen molar-refractivity contribution < 1.29 is 14.6 Å². The lowest BCUT2D eigenvalue weighted by atomic mass is 10.0. The summed E-state index contributed by atoms with van der Waals surface area (Å²) in [5.41, 5.74) is 0.989. The number of esters is 1. The summed E-state index contributed by atoms with van der Waals surface area (Å²) >= 11 is 0. The van der Waals surface area contributed by atoms with E-state index in [2.05, 4.69) is 0 Å².